The molecule has 0 saturated carbocycles. The van der Waals surface area contributed by atoms with Gasteiger partial charge in [-0.1, -0.05) is 37.3 Å². The minimum absolute atomic E-state index is 0.223. The fourth-order valence-corrected chi connectivity index (χ4v) is 2.91. The minimum atomic E-state index is -0.404. The number of amides is 2. The van der Waals surface area contributed by atoms with Gasteiger partial charge in [-0.15, -0.1) is 0 Å². The summed E-state index contributed by atoms with van der Waals surface area (Å²) in [6.07, 6.45) is 4.08. The summed E-state index contributed by atoms with van der Waals surface area (Å²) in [6, 6.07) is 9.96. The molecule has 2 rings (SSSR count). The second-order valence-corrected chi connectivity index (χ2v) is 5.70. The van der Waals surface area contributed by atoms with E-state index in [0.717, 1.165) is 31.2 Å². The van der Waals surface area contributed by atoms with Gasteiger partial charge in [-0.05, 0) is 31.2 Å². The summed E-state index contributed by atoms with van der Waals surface area (Å²) in [6.45, 7) is 3.26. The zero-order valence-electron chi connectivity index (χ0n) is 12.9. The van der Waals surface area contributed by atoms with Crippen molar-refractivity contribution in [3.8, 4) is 0 Å². The molecule has 1 heterocycles. The van der Waals surface area contributed by atoms with Crippen LogP contribution in [0.3, 0.4) is 0 Å². The van der Waals surface area contributed by atoms with Crippen LogP contribution in [0, 0.1) is 0 Å². The van der Waals surface area contributed by atoms with Crippen molar-refractivity contribution in [1.82, 2.24) is 9.80 Å². The Morgan fingerprint density at radius 1 is 1.24 bits per heavy atom. The molecular formula is C17H24N2O2. The molecule has 21 heavy (non-hydrogen) atoms. The molecule has 0 N–H and O–H groups in total. The lowest BCUT2D eigenvalue weighted by Gasteiger charge is -2.35. The summed E-state index contributed by atoms with van der Waals surface area (Å²) >= 11 is 0. The van der Waals surface area contributed by atoms with Crippen molar-refractivity contribution in [3.05, 3.63) is 35.9 Å². The highest BCUT2D eigenvalue weighted by atomic mass is 16.2. The maximum Gasteiger partial charge on any atom is 0.312 e. The monoisotopic (exact) mass is 288 g/mol. The normalized spacial score (nSPS) is 18.4. The molecule has 114 valence electrons. The second-order valence-electron chi connectivity index (χ2n) is 5.70. The summed E-state index contributed by atoms with van der Waals surface area (Å²) < 4.78 is 0. The zero-order chi connectivity index (χ0) is 15.2. The Morgan fingerprint density at radius 2 is 1.95 bits per heavy atom. The van der Waals surface area contributed by atoms with Gasteiger partial charge < -0.3 is 9.80 Å². The summed E-state index contributed by atoms with van der Waals surface area (Å²) in [5.74, 6) is -0.751. The molecule has 1 fully saturated rings. The van der Waals surface area contributed by atoms with Crippen molar-refractivity contribution >= 4 is 11.8 Å². The van der Waals surface area contributed by atoms with Crippen LogP contribution in [0.2, 0.25) is 0 Å². The van der Waals surface area contributed by atoms with Gasteiger partial charge in [0.2, 0.25) is 0 Å². The third-order valence-corrected chi connectivity index (χ3v) is 4.15. The molecule has 1 unspecified atom stereocenters. The molecule has 2 amide bonds. The first kappa shape index (κ1) is 15.5. The number of likely N-dealkylation sites (N-methyl/N-ethyl adjacent to an activating group) is 1. The van der Waals surface area contributed by atoms with Crippen LogP contribution < -0.4 is 0 Å². The van der Waals surface area contributed by atoms with Crippen LogP contribution in [0.4, 0.5) is 0 Å². The lowest BCUT2D eigenvalue weighted by atomic mass is 10.00. The van der Waals surface area contributed by atoms with Crippen molar-refractivity contribution in [2.24, 2.45) is 0 Å². The van der Waals surface area contributed by atoms with E-state index in [0.29, 0.717) is 13.1 Å². The van der Waals surface area contributed by atoms with Crippen LogP contribution >= 0.6 is 0 Å². The SMILES string of the molecule is CCC1CCCCN1C(=O)C(=O)N(C)Cc1ccccc1. The van der Waals surface area contributed by atoms with Crippen LogP contribution in [0.15, 0.2) is 30.3 Å². The molecule has 1 saturated heterocycles. The van der Waals surface area contributed by atoms with E-state index in [-0.39, 0.29) is 11.9 Å². The van der Waals surface area contributed by atoms with E-state index >= 15 is 0 Å². The number of carbonyl (C=O) groups excluding carboxylic acids is 2. The van der Waals surface area contributed by atoms with Gasteiger partial charge in [0, 0.05) is 26.2 Å². The second kappa shape index (κ2) is 7.25. The Bertz CT molecular complexity index is 487. The van der Waals surface area contributed by atoms with Gasteiger partial charge in [-0.25, -0.2) is 0 Å². The fourth-order valence-electron chi connectivity index (χ4n) is 2.91. The molecule has 0 radical (unpaired) electrons. The van der Waals surface area contributed by atoms with E-state index in [4.69, 9.17) is 0 Å². The molecule has 0 aliphatic carbocycles. The molecule has 0 spiro atoms. The molecule has 4 heteroatoms. The number of benzene rings is 1. The van der Waals surface area contributed by atoms with Gasteiger partial charge >= 0.3 is 11.8 Å². The van der Waals surface area contributed by atoms with E-state index < -0.39 is 5.91 Å². The van der Waals surface area contributed by atoms with E-state index in [1.54, 1.807) is 11.9 Å². The third-order valence-electron chi connectivity index (χ3n) is 4.15. The van der Waals surface area contributed by atoms with Crippen molar-refractivity contribution < 1.29 is 9.59 Å². The highest BCUT2D eigenvalue weighted by molar-refractivity contribution is 6.34. The van der Waals surface area contributed by atoms with Gasteiger partial charge in [0.25, 0.3) is 0 Å². The molecule has 0 bridgehead atoms. The molecule has 1 aliphatic rings. The Labute approximate surface area is 126 Å². The highest BCUT2D eigenvalue weighted by Gasteiger charge is 2.31. The lowest BCUT2D eigenvalue weighted by molar-refractivity contribution is -0.153. The average Bonchev–Trinajstić information content (AvgIpc) is 2.54. The van der Waals surface area contributed by atoms with E-state index in [1.165, 1.54) is 4.90 Å². The van der Waals surface area contributed by atoms with Crippen molar-refractivity contribution in [2.75, 3.05) is 13.6 Å². The van der Waals surface area contributed by atoms with Crippen molar-refractivity contribution in [1.29, 1.82) is 0 Å². The van der Waals surface area contributed by atoms with Crippen LogP contribution in [0.5, 0.6) is 0 Å². The highest BCUT2D eigenvalue weighted by Crippen LogP contribution is 2.20. The fraction of sp³-hybridized carbons (Fsp3) is 0.529. The molecule has 0 aromatic heterocycles. The average molecular weight is 288 g/mol. The van der Waals surface area contributed by atoms with Gasteiger partial charge in [0.1, 0.15) is 0 Å². The Hall–Kier alpha value is -1.84. The molecule has 1 atom stereocenters. The number of piperidine rings is 1. The Kier molecular flexibility index (Phi) is 5.37. The van der Waals surface area contributed by atoms with Gasteiger partial charge in [-0.3, -0.25) is 9.59 Å². The molecule has 1 aliphatic heterocycles. The molecular weight excluding hydrogens is 264 g/mol. The van der Waals surface area contributed by atoms with Crippen LogP contribution in [0.1, 0.15) is 38.2 Å². The number of hydrogen-bond acceptors (Lipinski definition) is 2. The van der Waals surface area contributed by atoms with Crippen molar-refractivity contribution in [2.45, 2.75) is 45.2 Å². The van der Waals surface area contributed by atoms with Crippen LogP contribution in [-0.2, 0) is 16.1 Å². The number of carbonyl (C=O) groups is 2. The number of hydrogen-bond donors (Lipinski definition) is 0. The third kappa shape index (κ3) is 3.84. The first-order chi connectivity index (χ1) is 10.1. The number of rotatable bonds is 3. The minimum Gasteiger partial charge on any atom is -0.333 e. The summed E-state index contributed by atoms with van der Waals surface area (Å²) in [5.41, 5.74) is 1.03. The molecule has 1 aromatic carbocycles. The van der Waals surface area contributed by atoms with Crippen LogP contribution in [-0.4, -0.2) is 41.2 Å². The standard InChI is InChI=1S/C17H24N2O2/c1-3-15-11-7-8-12-19(15)17(21)16(20)18(2)13-14-9-5-4-6-10-14/h4-6,9-10,15H,3,7-8,11-13H2,1-2H3. The summed E-state index contributed by atoms with van der Waals surface area (Å²) in [7, 11) is 1.69. The first-order valence-electron chi connectivity index (χ1n) is 7.73. The molecule has 1 aromatic rings. The predicted molar refractivity (Wildman–Crippen MR) is 82.6 cm³/mol. The smallest absolute Gasteiger partial charge is 0.312 e. The van der Waals surface area contributed by atoms with Gasteiger partial charge in [-0.2, -0.15) is 0 Å². The summed E-state index contributed by atoms with van der Waals surface area (Å²) in [5, 5.41) is 0. The Balaban J connectivity index is 1.99. The van der Waals surface area contributed by atoms with Crippen molar-refractivity contribution in [3.63, 3.8) is 0 Å². The van der Waals surface area contributed by atoms with Gasteiger partial charge in [0.05, 0.1) is 0 Å². The Morgan fingerprint density at radius 3 is 2.62 bits per heavy atom. The predicted octanol–water partition coefficient (Wildman–Crippen LogP) is 2.44. The van der Waals surface area contributed by atoms with E-state index in [1.807, 2.05) is 30.3 Å². The number of likely N-dealkylation sites (tertiary alicyclic amines) is 1. The zero-order valence-corrected chi connectivity index (χ0v) is 12.9. The topological polar surface area (TPSA) is 40.6 Å². The maximum atomic E-state index is 12.4. The van der Waals surface area contributed by atoms with E-state index in [2.05, 4.69) is 6.92 Å². The van der Waals surface area contributed by atoms with E-state index in [9.17, 15) is 9.59 Å². The lowest BCUT2D eigenvalue weighted by Crippen LogP contribution is -2.50. The first-order valence-corrected chi connectivity index (χ1v) is 7.73. The van der Waals surface area contributed by atoms with Gasteiger partial charge in [0.15, 0.2) is 0 Å². The maximum absolute atomic E-state index is 12.4. The summed E-state index contributed by atoms with van der Waals surface area (Å²) in [4.78, 5) is 28.1. The van der Waals surface area contributed by atoms with Crippen LogP contribution in [0.25, 0.3) is 0 Å². The molecule has 4 nitrogen and oxygen atoms in total. The number of nitrogens with zero attached hydrogens (tertiary/aromatic N) is 2. The largest absolute Gasteiger partial charge is 0.333 e. The quantitative estimate of drug-likeness (QED) is 0.802.